The van der Waals surface area contributed by atoms with Gasteiger partial charge in [0.2, 0.25) is 10.0 Å². The Labute approximate surface area is 96.9 Å². The molecule has 5 nitrogen and oxygen atoms in total. The summed E-state index contributed by atoms with van der Waals surface area (Å²) in [6.45, 7) is 8.12. The molecular weight excluding hydrogens is 226 g/mol. The van der Waals surface area contributed by atoms with Crippen LogP contribution in [0, 0.1) is 6.92 Å². The van der Waals surface area contributed by atoms with E-state index >= 15 is 0 Å². The van der Waals surface area contributed by atoms with Gasteiger partial charge in [-0.25, -0.2) is 13.1 Å². The molecule has 0 aliphatic carbocycles. The Kier molecular flexibility index (Phi) is 4.09. The highest BCUT2D eigenvalue weighted by molar-refractivity contribution is 7.89. The molecule has 1 N–H and O–H groups in total. The zero-order valence-corrected chi connectivity index (χ0v) is 11.0. The van der Waals surface area contributed by atoms with E-state index in [2.05, 4.69) is 9.82 Å². The summed E-state index contributed by atoms with van der Waals surface area (Å²) in [6, 6.07) is -0.231. The van der Waals surface area contributed by atoms with E-state index in [9.17, 15) is 8.42 Å². The molecular formula is C10H19N3O2S. The van der Waals surface area contributed by atoms with E-state index in [1.54, 1.807) is 11.6 Å². The van der Waals surface area contributed by atoms with E-state index in [0.29, 0.717) is 0 Å². The highest BCUT2D eigenvalue weighted by Crippen LogP contribution is 2.16. The van der Waals surface area contributed by atoms with Crippen molar-refractivity contribution in [3.63, 3.8) is 0 Å². The van der Waals surface area contributed by atoms with E-state index in [1.807, 2.05) is 27.0 Å². The lowest BCUT2D eigenvalue weighted by Gasteiger charge is -2.12. The Bertz CT molecular complexity index is 451. The second-order valence-electron chi connectivity index (χ2n) is 3.77. The van der Waals surface area contributed by atoms with Crippen molar-refractivity contribution in [3.05, 3.63) is 17.5 Å². The lowest BCUT2D eigenvalue weighted by molar-refractivity contribution is 0.567. The van der Waals surface area contributed by atoms with E-state index in [4.69, 9.17) is 0 Å². The fourth-order valence-electron chi connectivity index (χ4n) is 1.54. The summed E-state index contributed by atoms with van der Waals surface area (Å²) in [5.74, 6) is 0.0955. The number of hydrogen-bond acceptors (Lipinski definition) is 3. The lowest BCUT2D eigenvalue weighted by Crippen LogP contribution is -2.28. The average molecular weight is 245 g/mol. The molecule has 0 aromatic carbocycles. The van der Waals surface area contributed by atoms with Gasteiger partial charge in [-0.15, -0.1) is 0 Å². The third-order valence-electron chi connectivity index (χ3n) is 2.51. The standard InChI is InChI=1S/C10H19N3O2S/c1-5-13-7-10(8(3)11-13)9(4)12-16(14,15)6-2/h7,9,12H,5-6H2,1-4H3. The molecule has 6 heteroatoms. The first-order valence-electron chi connectivity index (χ1n) is 5.43. The summed E-state index contributed by atoms with van der Waals surface area (Å²) in [4.78, 5) is 0. The molecule has 0 spiro atoms. The summed E-state index contributed by atoms with van der Waals surface area (Å²) in [5, 5.41) is 4.29. The molecule has 1 rings (SSSR count). The average Bonchev–Trinajstić information content (AvgIpc) is 2.59. The molecule has 1 aromatic rings. The number of rotatable bonds is 5. The third-order valence-corrected chi connectivity index (χ3v) is 3.98. The van der Waals surface area contributed by atoms with Crippen LogP contribution in [0.2, 0.25) is 0 Å². The first-order chi connectivity index (χ1) is 7.39. The number of nitrogens with one attached hydrogen (secondary N) is 1. The quantitative estimate of drug-likeness (QED) is 0.848. The molecule has 0 fully saturated rings. The van der Waals surface area contributed by atoms with Crippen LogP contribution in [0.4, 0.5) is 0 Å². The van der Waals surface area contributed by atoms with E-state index in [0.717, 1.165) is 17.8 Å². The molecule has 16 heavy (non-hydrogen) atoms. The van der Waals surface area contributed by atoms with Gasteiger partial charge < -0.3 is 0 Å². The topological polar surface area (TPSA) is 64.0 Å². The van der Waals surface area contributed by atoms with Gasteiger partial charge in [-0.2, -0.15) is 5.10 Å². The molecule has 1 heterocycles. The maximum absolute atomic E-state index is 11.4. The minimum absolute atomic E-state index is 0.0955. The van der Waals surface area contributed by atoms with Crippen molar-refractivity contribution in [2.75, 3.05) is 5.75 Å². The molecule has 0 saturated heterocycles. The van der Waals surface area contributed by atoms with Crippen molar-refractivity contribution in [2.24, 2.45) is 0 Å². The Hall–Kier alpha value is -0.880. The number of sulfonamides is 1. The maximum atomic E-state index is 11.4. The van der Waals surface area contributed by atoms with Crippen LogP contribution >= 0.6 is 0 Å². The number of aromatic nitrogens is 2. The largest absolute Gasteiger partial charge is 0.272 e. The first kappa shape index (κ1) is 13.2. The zero-order chi connectivity index (χ0) is 12.3. The Balaban J connectivity index is 2.88. The van der Waals surface area contributed by atoms with Crippen molar-refractivity contribution in [3.8, 4) is 0 Å². The predicted octanol–water partition coefficient (Wildman–Crippen LogP) is 1.21. The molecule has 0 radical (unpaired) electrons. The number of aryl methyl sites for hydroxylation is 2. The smallest absolute Gasteiger partial charge is 0.211 e. The van der Waals surface area contributed by atoms with Crippen LogP contribution in [0.3, 0.4) is 0 Å². The van der Waals surface area contributed by atoms with Crippen molar-refractivity contribution >= 4 is 10.0 Å². The van der Waals surface area contributed by atoms with Gasteiger partial charge in [0.05, 0.1) is 11.4 Å². The van der Waals surface area contributed by atoms with Gasteiger partial charge in [-0.1, -0.05) is 0 Å². The highest BCUT2D eigenvalue weighted by Gasteiger charge is 2.17. The molecule has 0 amide bonds. The Morgan fingerprint density at radius 1 is 1.50 bits per heavy atom. The summed E-state index contributed by atoms with van der Waals surface area (Å²) in [7, 11) is -3.17. The van der Waals surface area contributed by atoms with E-state index in [-0.39, 0.29) is 11.8 Å². The molecule has 0 aliphatic heterocycles. The van der Waals surface area contributed by atoms with E-state index < -0.39 is 10.0 Å². The molecule has 0 bridgehead atoms. The summed E-state index contributed by atoms with van der Waals surface area (Å²) < 4.78 is 27.3. The second kappa shape index (κ2) is 4.97. The normalized spacial score (nSPS) is 14.0. The van der Waals surface area contributed by atoms with Gasteiger partial charge in [-0.05, 0) is 27.7 Å². The lowest BCUT2D eigenvalue weighted by atomic mass is 10.1. The molecule has 1 unspecified atom stereocenters. The summed E-state index contributed by atoms with van der Waals surface area (Å²) in [5.41, 5.74) is 1.80. The SMILES string of the molecule is CCn1cc(C(C)NS(=O)(=O)CC)c(C)n1. The third kappa shape index (κ3) is 3.05. The van der Waals surface area contributed by atoms with Crippen molar-refractivity contribution in [1.82, 2.24) is 14.5 Å². The highest BCUT2D eigenvalue weighted by atomic mass is 32.2. The molecule has 92 valence electrons. The number of hydrogen-bond donors (Lipinski definition) is 1. The Morgan fingerprint density at radius 2 is 2.12 bits per heavy atom. The van der Waals surface area contributed by atoms with Gasteiger partial charge in [-0.3, -0.25) is 4.68 Å². The Morgan fingerprint density at radius 3 is 2.56 bits per heavy atom. The van der Waals surface area contributed by atoms with Gasteiger partial charge in [0.15, 0.2) is 0 Å². The zero-order valence-electron chi connectivity index (χ0n) is 10.2. The van der Waals surface area contributed by atoms with Crippen LogP contribution in [0.5, 0.6) is 0 Å². The minimum atomic E-state index is -3.17. The van der Waals surface area contributed by atoms with Crippen molar-refractivity contribution in [2.45, 2.75) is 40.3 Å². The fraction of sp³-hybridized carbons (Fsp3) is 0.700. The van der Waals surface area contributed by atoms with Gasteiger partial charge in [0.25, 0.3) is 0 Å². The maximum Gasteiger partial charge on any atom is 0.211 e. The van der Waals surface area contributed by atoms with Gasteiger partial charge in [0, 0.05) is 24.3 Å². The summed E-state index contributed by atoms with van der Waals surface area (Å²) in [6.07, 6.45) is 1.89. The van der Waals surface area contributed by atoms with Crippen LogP contribution in [0.15, 0.2) is 6.20 Å². The van der Waals surface area contributed by atoms with Crippen LogP contribution in [0.1, 0.15) is 38.1 Å². The molecule has 1 aromatic heterocycles. The van der Waals surface area contributed by atoms with Crippen molar-refractivity contribution < 1.29 is 8.42 Å². The van der Waals surface area contributed by atoms with Gasteiger partial charge >= 0.3 is 0 Å². The number of nitrogens with zero attached hydrogens (tertiary/aromatic N) is 2. The van der Waals surface area contributed by atoms with Crippen molar-refractivity contribution in [1.29, 1.82) is 0 Å². The van der Waals surface area contributed by atoms with Crippen LogP contribution in [-0.2, 0) is 16.6 Å². The van der Waals surface area contributed by atoms with Crippen LogP contribution in [-0.4, -0.2) is 24.0 Å². The first-order valence-corrected chi connectivity index (χ1v) is 7.08. The predicted molar refractivity (Wildman–Crippen MR) is 63.6 cm³/mol. The molecule has 0 aliphatic rings. The fourth-order valence-corrected chi connectivity index (χ4v) is 2.37. The molecule has 1 atom stereocenters. The van der Waals surface area contributed by atoms with Crippen LogP contribution < -0.4 is 4.72 Å². The molecule has 0 saturated carbocycles. The second-order valence-corrected chi connectivity index (χ2v) is 5.81. The monoisotopic (exact) mass is 245 g/mol. The van der Waals surface area contributed by atoms with Crippen LogP contribution in [0.25, 0.3) is 0 Å². The van der Waals surface area contributed by atoms with Gasteiger partial charge in [0.1, 0.15) is 0 Å². The summed E-state index contributed by atoms with van der Waals surface area (Å²) >= 11 is 0. The minimum Gasteiger partial charge on any atom is -0.272 e. The van der Waals surface area contributed by atoms with E-state index in [1.165, 1.54) is 0 Å².